The summed E-state index contributed by atoms with van der Waals surface area (Å²) in [5.41, 5.74) is 3.07. The molecule has 1 aromatic carbocycles. The Morgan fingerprint density at radius 1 is 1.23 bits per heavy atom. The van der Waals surface area contributed by atoms with E-state index in [0.29, 0.717) is 0 Å². The lowest BCUT2D eigenvalue weighted by Gasteiger charge is -2.24. The highest BCUT2D eigenvalue weighted by Gasteiger charge is 2.20. The third kappa shape index (κ3) is 1.23. The van der Waals surface area contributed by atoms with Crippen LogP contribution in [0.2, 0.25) is 0 Å². The first-order valence-corrected chi connectivity index (χ1v) is 4.31. The zero-order chi connectivity index (χ0) is 9.42. The second-order valence-corrected chi connectivity index (χ2v) is 3.27. The number of para-hydroxylation sites is 1. The molecule has 0 bridgehead atoms. The number of aliphatic hydroxyl groups excluding tert-OH is 1. The van der Waals surface area contributed by atoms with Crippen molar-refractivity contribution in [2.75, 3.05) is 0 Å². The number of benzene rings is 1. The van der Waals surface area contributed by atoms with Crippen LogP contribution in [0.5, 0.6) is 5.75 Å². The van der Waals surface area contributed by atoms with Crippen molar-refractivity contribution >= 4 is 5.57 Å². The molecule has 0 aromatic heterocycles. The van der Waals surface area contributed by atoms with Gasteiger partial charge in [0.15, 0.2) is 0 Å². The number of allylic oxidation sites excluding steroid dienone is 1. The number of ether oxygens (including phenoxy) is 1. The Balaban J connectivity index is 2.59. The van der Waals surface area contributed by atoms with E-state index in [4.69, 9.17) is 4.74 Å². The molecule has 0 aliphatic carbocycles. The monoisotopic (exact) mass is 176 g/mol. The lowest BCUT2D eigenvalue weighted by Crippen LogP contribution is -2.21. The van der Waals surface area contributed by atoms with Crippen LogP contribution in [-0.2, 0) is 0 Å². The molecule has 2 nitrogen and oxygen atoms in total. The van der Waals surface area contributed by atoms with Gasteiger partial charge in [-0.15, -0.1) is 0 Å². The average molecular weight is 176 g/mol. The van der Waals surface area contributed by atoms with Gasteiger partial charge in [0.2, 0.25) is 6.29 Å². The summed E-state index contributed by atoms with van der Waals surface area (Å²) >= 11 is 0. The van der Waals surface area contributed by atoms with Gasteiger partial charge in [-0.25, -0.2) is 0 Å². The van der Waals surface area contributed by atoms with Gasteiger partial charge in [0.25, 0.3) is 0 Å². The average Bonchev–Trinajstić information content (AvgIpc) is 2.15. The SMILES string of the molecule is CC1=C(C)C(O)Oc2ccccc21. The van der Waals surface area contributed by atoms with E-state index in [1.165, 1.54) is 0 Å². The lowest BCUT2D eigenvalue weighted by molar-refractivity contribution is 0.0123. The first-order valence-electron chi connectivity index (χ1n) is 4.31. The van der Waals surface area contributed by atoms with Gasteiger partial charge in [0.1, 0.15) is 5.75 Å². The zero-order valence-corrected chi connectivity index (χ0v) is 7.74. The molecule has 68 valence electrons. The van der Waals surface area contributed by atoms with E-state index >= 15 is 0 Å². The highest BCUT2D eigenvalue weighted by Crippen LogP contribution is 2.34. The van der Waals surface area contributed by atoms with Crippen molar-refractivity contribution in [2.45, 2.75) is 20.1 Å². The molecule has 0 amide bonds. The summed E-state index contributed by atoms with van der Waals surface area (Å²) in [6.45, 7) is 3.88. The van der Waals surface area contributed by atoms with E-state index in [1.807, 2.05) is 38.1 Å². The molecule has 0 radical (unpaired) electrons. The standard InChI is InChI=1S/C11H12O2/c1-7-8(2)11(12)13-10-6-4-3-5-9(7)10/h3-6,11-12H,1-2H3. The van der Waals surface area contributed by atoms with Crippen LogP contribution in [-0.4, -0.2) is 11.4 Å². The second-order valence-electron chi connectivity index (χ2n) is 3.27. The van der Waals surface area contributed by atoms with Crippen LogP contribution >= 0.6 is 0 Å². The molecule has 2 rings (SSSR count). The van der Waals surface area contributed by atoms with Crippen molar-refractivity contribution in [1.82, 2.24) is 0 Å². The largest absolute Gasteiger partial charge is 0.461 e. The van der Waals surface area contributed by atoms with E-state index in [2.05, 4.69) is 0 Å². The van der Waals surface area contributed by atoms with Crippen LogP contribution in [0, 0.1) is 0 Å². The Bertz CT molecular complexity index is 366. The Morgan fingerprint density at radius 3 is 2.69 bits per heavy atom. The third-order valence-corrected chi connectivity index (χ3v) is 2.49. The molecule has 0 saturated carbocycles. The molecule has 0 saturated heterocycles. The normalized spacial score (nSPS) is 21.0. The van der Waals surface area contributed by atoms with E-state index in [1.54, 1.807) is 0 Å². The zero-order valence-electron chi connectivity index (χ0n) is 7.74. The Kier molecular flexibility index (Phi) is 1.85. The van der Waals surface area contributed by atoms with Gasteiger partial charge in [-0.2, -0.15) is 0 Å². The molecule has 1 unspecified atom stereocenters. The van der Waals surface area contributed by atoms with Gasteiger partial charge in [-0.05, 0) is 31.1 Å². The lowest BCUT2D eigenvalue weighted by atomic mass is 9.99. The van der Waals surface area contributed by atoms with Crippen molar-refractivity contribution in [2.24, 2.45) is 0 Å². The summed E-state index contributed by atoms with van der Waals surface area (Å²) in [7, 11) is 0. The highest BCUT2D eigenvalue weighted by atomic mass is 16.6. The number of aliphatic hydroxyl groups is 1. The molecule has 0 fully saturated rings. The molecule has 1 N–H and O–H groups in total. The minimum absolute atomic E-state index is 0.762. The predicted molar refractivity (Wildman–Crippen MR) is 51.3 cm³/mol. The van der Waals surface area contributed by atoms with Crippen molar-refractivity contribution in [3.63, 3.8) is 0 Å². The van der Waals surface area contributed by atoms with Crippen molar-refractivity contribution in [3.8, 4) is 5.75 Å². The van der Waals surface area contributed by atoms with E-state index in [9.17, 15) is 5.11 Å². The molecule has 13 heavy (non-hydrogen) atoms. The maximum absolute atomic E-state index is 9.51. The van der Waals surface area contributed by atoms with Gasteiger partial charge in [-0.3, -0.25) is 0 Å². The molecule has 1 aliphatic heterocycles. The molecular formula is C11H12O2. The Morgan fingerprint density at radius 2 is 1.92 bits per heavy atom. The Labute approximate surface area is 77.5 Å². The summed E-state index contributed by atoms with van der Waals surface area (Å²) in [5.74, 6) is 0.762. The van der Waals surface area contributed by atoms with E-state index in [0.717, 1.165) is 22.5 Å². The summed E-state index contributed by atoms with van der Waals surface area (Å²) in [6, 6.07) is 7.74. The summed E-state index contributed by atoms with van der Waals surface area (Å²) in [5, 5.41) is 9.51. The molecule has 0 spiro atoms. The maximum atomic E-state index is 9.51. The Hall–Kier alpha value is -1.28. The molecule has 1 aliphatic rings. The highest BCUT2D eigenvalue weighted by molar-refractivity contribution is 5.73. The fraction of sp³-hybridized carbons (Fsp3) is 0.273. The fourth-order valence-electron chi connectivity index (χ4n) is 1.49. The minimum Gasteiger partial charge on any atom is -0.461 e. The quantitative estimate of drug-likeness (QED) is 0.656. The van der Waals surface area contributed by atoms with E-state index < -0.39 is 6.29 Å². The topological polar surface area (TPSA) is 29.5 Å². The molecule has 1 atom stereocenters. The number of hydrogen-bond acceptors (Lipinski definition) is 2. The van der Waals surface area contributed by atoms with Crippen LogP contribution < -0.4 is 4.74 Å². The summed E-state index contributed by atoms with van der Waals surface area (Å²) < 4.78 is 5.31. The van der Waals surface area contributed by atoms with Gasteiger partial charge in [-0.1, -0.05) is 18.2 Å². The van der Waals surface area contributed by atoms with Crippen molar-refractivity contribution in [3.05, 3.63) is 35.4 Å². The predicted octanol–water partition coefficient (Wildman–Crippen LogP) is 2.19. The van der Waals surface area contributed by atoms with Crippen molar-refractivity contribution < 1.29 is 9.84 Å². The van der Waals surface area contributed by atoms with E-state index in [-0.39, 0.29) is 0 Å². The van der Waals surface area contributed by atoms with Crippen molar-refractivity contribution in [1.29, 1.82) is 0 Å². The van der Waals surface area contributed by atoms with Gasteiger partial charge >= 0.3 is 0 Å². The van der Waals surface area contributed by atoms with Gasteiger partial charge in [0.05, 0.1) is 0 Å². The second kappa shape index (κ2) is 2.89. The van der Waals surface area contributed by atoms with Crippen LogP contribution in [0.4, 0.5) is 0 Å². The van der Waals surface area contributed by atoms with Crippen LogP contribution in [0.3, 0.4) is 0 Å². The molecule has 1 heterocycles. The fourth-order valence-corrected chi connectivity index (χ4v) is 1.49. The number of hydrogen-bond donors (Lipinski definition) is 1. The molecule has 1 aromatic rings. The molecule has 2 heteroatoms. The third-order valence-electron chi connectivity index (χ3n) is 2.49. The number of fused-ring (bicyclic) bond motifs is 1. The number of rotatable bonds is 0. The first kappa shape index (κ1) is 8.32. The van der Waals surface area contributed by atoms with Crippen LogP contribution in [0.15, 0.2) is 29.8 Å². The van der Waals surface area contributed by atoms with Gasteiger partial charge in [0, 0.05) is 5.56 Å². The van der Waals surface area contributed by atoms with Crippen LogP contribution in [0.1, 0.15) is 19.4 Å². The first-order chi connectivity index (χ1) is 6.20. The minimum atomic E-state index is -0.783. The summed E-state index contributed by atoms with van der Waals surface area (Å²) in [4.78, 5) is 0. The maximum Gasteiger partial charge on any atom is 0.220 e. The van der Waals surface area contributed by atoms with Crippen LogP contribution in [0.25, 0.3) is 5.57 Å². The smallest absolute Gasteiger partial charge is 0.220 e. The van der Waals surface area contributed by atoms with Gasteiger partial charge < -0.3 is 9.84 Å². The summed E-state index contributed by atoms with van der Waals surface area (Å²) in [6.07, 6.45) is -0.783. The molecular weight excluding hydrogens is 164 g/mol.